The number of benzene rings is 1. The third-order valence-electron chi connectivity index (χ3n) is 1.65. The van der Waals surface area contributed by atoms with Crippen LogP contribution in [0.3, 0.4) is 0 Å². The van der Waals surface area contributed by atoms with Crippen molar-refractivity contribution >= 4 is 11.9 Å². The van der Waals surface area contributed by atoms with E-state index in [0.29, 0.717) is 0 Å². The first-order valence-corrected chi connectivity index (χ1v) is 4.52. The van der Waals surface area contributed by atoms with Crippen LogP contribution in [0, 0.1) is 0 Å². The zero-order valence-electron chi connectivity index (χ0n) is 8.91. The number of rotatable bonds is 3. The maximum atomic E-state index is 11.2. The minimum atomic E-state index is -0.833. The zero-order chi connectivity index (χ0) is 12.8. The average Bonchev–Trinajstić information content (AvgIpc) is 2.24. The standard InChI is InChI=1S/C11H10O6/c1-16-10(14)2-3-11(15)17-9-5-7(12)4-8(13)6-9/h2-6,12-13H,1H3/b3-2-. The van der Waals surface area contributed by atoms with Gasteiger partial charge in [-0.1, -0.05) is 0 Å². The quantitative estimate of drug-likeness (QED) is 0.458. The summed E-state index contributed by atoms with van der Waals surface area (Å²) in [6, 6.07) is 3.37. The molecule has 0 atom stereocenters. The molecule has 0 amide bonds. The smallest absolute Gasteiger partial charge is 0.336 e. The molecule has 0 spiro atoms. The highest BCUT2D eigenvalue weighted by molar-refractivity contribution is 5.92. The second-order valence-corrected chi connectivity index (χ2v) is 2.96. The number of ether oxygens (including phenoxy) is 2. The Bertz CT molecular complexity index is 443. The van der Waals surface area contributed by atoms with Crippen molar-refractivity contribution in [3.63, 3.8) is 0 Å². The third kappa shape index (κ3) is 4.25. The summed E-state index contributed by atoms with van der Waals surface area (Å²) in [6.45, 7) is 0. The van der Waals surface area contributed by atoms with Crippen LogP contribution in [0.15, 0.2) is 30.4 Å². The molecule has 0 aromatic heterocycles. The van der Waals surface area contributed by atoms with E-state index in [0.717, 1.165) is 30.4 Å². The number of aromatic hydroxyl groups is 2. The van der Waals surface area contributed by atoms with Crippen molar-refractivity contribution in [1.82, 2.24) is 0 Å². The van der Waals surface area contributed by atoms with E-state index in [4.69, 9.17) is 14.9 Å². The lowest BCUT2D eigenvalue weighted by Crippen LogP contribution is -2.05. The molecule has 0 aliphatic rings. The average molecular weight is 238 g/mol. The molecular weight excluding hydrogens is 228 g/mol. The SMILES string of the molecule is COC(=O)/C=C\C(=O)Oc1cc(O)cc(O)c1. The van der Waals surface area contributed by atoms with Crippen LogP contribution in [-0.4, -0.2) is 29.3 Å². The molecule has 0 fully saturated rings. The fourth-order valence-corrected chi connectivity index (χ4v) is 0.981. The van der Waals surface area contributed by atoms with Gasteiger partial charge in [-0.3, -0.25) is 0 Å². The third-order valence-corrected chi connectivity index (χ3v) is 1.65. The van der Waals surface area contributed by atoms with Gasteiger partial charge in [0, 0.05) is 30.4 Å². The Morgan fingerprint density at radius 2 is 1.59 bits per heavy atom. The van der Waals surface area contributed by atoms with Gasteiger partial charge in [0.1, 0.15) is 17.2 Å². The van der Waals surface area contributed by atoms with E-state index in [9.17, 15) is 9.59 Å². The van der Waals surface area contributed by atoms with Gasteiger partial charge in [0.25, 0.3) is 0 Å². The zero-order valence-corrected chi connectivity index (χ0v) is 8.91. The van der Waals surface area contributed by atoms with Crippen LogP contribution in [0.5, 0.6) is 17.2 Å². The molecule has 0 unspecified atom stereocenters. The highest BCUT2D eigenvalue weighted by Crippen LogP contribution is 2.25. The van der Waals surface area contributed by atoms with Crippen LogP contribution in [0.25, 0.3) is 0 Å². The number of methoxy groups -OCH3 is 1. The lowest BCUT2D eigenvalue weighted by molar-refractivity contribution is -0.135. The minimum Gasteiger partial charge on any atom is -0.508 e. The van der Waals surface area contributed by atoms with E-state index in [2.05, 4.69) is 4.74 Å². The monoisotopic (exact) mass is 238 g/mol. The first-order valence-electron chi connectivity index (χ1n) is 4.52. The van der Waals surface area contributed by atoms with Crippen molar-refractivity contribution < 1.29 is 29.3 Å². The van der Waals surface area contributed by atoms with E-state index >= 15 is 0 Å². The van der Waals surface area contributed by atoms with Gasteiger partial charge >= 0.3 is 11.9 Å². The maximum absolute atomic E-state index is 11.2. The van der Waals surface area contributed by atoms with Gasteiger partial charge in [0.05, 0.1) is 7.11 Å². The molecule has 0 saturated heterocycles. The second kappa shape index (κ2) is 5.55. The summed E-state index contributed by atoms with van der Waals surface area (Å²) in [7, 11) is 1.17. The van der Waals surface area contributed by atoms with Gasteiger partial charge in [-0.2, -0.15) is 0 Å². The fraction of sp³-hybridized carbons (Fsp3) is 0.0909. The number of hydrogen-bond donors (Lipinski definition) is 2. The summed E-state index contributed by atoms with van der Waals surface area (Å²) in [6.07, 6.45) is 1.76. The minimum absolute atomic E-state index is 0.0398. The molecule has 6 nitrogen and oxygen atoms in total. The molecule has 90 valence electrons. The van der Waals surface area contributed by atoms with E-state index in [-0.39, 0.29) is 17.2 Å². The van der Waals surface area contributed by atoms with Gasteiger partial charge in [0.15, 0.2) is 0 Å². The number of esters is 2. The Morgan fingerprint density at radius 1 is 1.06 bits per heavy atom. The van der Waals surface area contributed by atoms with Gasteiger partial charge in [-0.15, -0.1) is 0 Å². The highest BCUT2D eigenvalue weighted by atomic mass is 16.5. The predicted molar refractivity (Wildman–Crippen MR) is 56.6 cm³/mol. The molecule has 2 N–H and O–H groups in total. The lowest BCUT2D eigenvalue weighted by atomic mass is 10.3. The summed E-state index contributed by atoms with van der Waals surface area (Å²) in [4.78, 5) is 21.9. The van der Waals surface area contributed by atoms with Crippen molar-refractivity contribution in [2.75, 3.05) is 7.11 Å². The Labute approximate surface area is 96.7 Å². The maximum Gasteiger partial charge on any atom is 0.336 e. The van der Waals surface area contributed by atoms with E-state index < -0.39 is 11.9 Å². The predicted octanol–water partition coefficient (Wildman–Crippen LogP) is 0.732. The summed E-state index contributed by atoms with van der Waals surface area (Å²) in [5.74, 6) is -2.06. The number of phenolic OH excluding ortho intramolecular Hbond substituents is 2. The Balaban J connectivity index is 2.68. The number of carbonyl (C=O) groups excluding carboxylic acids is 2. The molecule has 1 rings (SSSR count). The summed E-state index contributed by atoms with van der Waals surface area (Å²) in [5.41, 5.74) is 0. The largest absolute Gasteiger partial charge is 0.508 e. The molecule has 1 aromatic rings. The Hall–Kier alpha value is -2.50. The molecule has 0 saturated carbocycles. The van der Waals surface area contributed by atoms with Crippen LogP contribution >= 0.6 is 0 Å². The van der Waals surface area contributed by atoms with Crippen LogP contribution in [-0.2, 0) is 14.3 Å². The van der Waals surface area contributed by atoms with Crippen LogP contribution in [0.4, 0.5) is 0 Å². The normalized spacial score (nSPS) is 10.2. The molecular formula is C11H10O6. The number of phenols is 2. The molecule has 17 heavy (non-hydrogen) atoms. The summed E-state index contributed by atoms with van der Waals surface area (Å²) >= 11 is 0. The molecule has 0 heterocycles. The highest BCUT2D eigenvalue weighted by Gasteiger charge is 2.05. The first kappa shape index (κ1) is 12.6. The van der Waals surface area contributed by atoms with Crippen LogP contribution < -0.4 is 4.74 Å². The number of carbonyl (C=O) groups is 2. The van der Waals surface area contributed by atoms with E-state index in [1.54, 1.807) is 0 Å². The molecule has 0 radical (unpaired) electrons. The van der Waals surface area contributed by atoms with Crippen molar-refractivity contribution in [2.24, 2.45) is 0 Å². The van der Waals surface area contributed by atoms with Crippen molar-refractivity contribution in [1.29, 1.82) is 0 Å². The Kier molecular flexibility index (Phi) is 4.10. The summed E-state index contributed by atoms with van der Waals surface area (Å²) < 4.78 is 8.99. The van der Waals surface area contributed by atoms with Crippen molar-refractivity contribution in [3.05, 3.63) is 30.4 Å². The molecule has 1 aromatic carbocycles. The Morgan fingerprint density at radius 3 is 2.12 bits per heavy atom. The van der Waals surface area contributed by atoms with E-state index in [1.807, 2.05) is 0 Å². The van der Waals surface area contributed by atoms with Gasteiger partial charge in [-0.25, -0.2) is 9.59 Å². The van der Waals surface area contributed by atoms with Gasteiger partial charge in [0.2, 0.25) is 0 Å². The molecule has 0 aliphatic carbocycles. The van der Waals surface area contributed by atoms with Crippen molar-refractivity contribution in [2.45, 2.75) is 0 Å². The molecule has 0 bridgehead atoms. The van der Waals surface area contributed by atoms with Crippen LogP contribution in [0.1, 0.15) is 0 Å². The molecule has 0 aliphatic heterocycles. The fourth-order valence-electron chi connectivity index (χ4n) is 0.981. The molecule has 6 heteroatoms. The van der Waals surface area contributed by atoms with Crippen LogP contribution in [0.2, 0.25) is 0 Å². The lowest BCUT2D eigenvalue weighted by Gasteiger charge is -2.02. The first-order chi connectivity index (χ1) is 8.01. The summed E-state index contributed by atoms with van der Waals surface area (Å²) in [5, 5.41) is 18.2. The topological polar surface area (TPSA) is 93.1 Å². The van der Waals surface area contributed by atoms with Gasteiger partial charge in [-0.05, 0) is 0 Å². The van der Waals surface area contributed by atoms with E-state index in [1.165, 1.54) is 7.11 Å². The number of hydrogen-bond acceptors (Lipinski definition) is 6. The van der Waals surface area contributed by atoms with Gasteiger partial charge < -0.3 is 19.7 Å². The second-order valence-electron chi connectivity index (χ2n) is 2.96. The van der Waals surface area contributed by atoms with Crippen molar-refractivity contribution in [3.8, 4) is 17.2 Å².